The van der Waals surface area contributed by atoms with Crippen LogP contribution in [0, 0.1) is 0 Å². The predicted molar refractivity (Wildman–Crippen MR) is 120 cm³/mol. The molecule has 0 aromatic heterocycles. The van der Waals surface area contributed by atoms with Gasteiger partial charge in [-0.3, -0.25) is 0 Å². The van der Waals surface area contributed by atoms with Gasteiger partial charge in [0.25, 0.3) is 0 Å². The summed E-state index contributed by atoms with van der Waals surface area (Å²) in [6, 6.07) is 8.01. The van der Waals surface area contributed by atoms with E-state index in [9.17, 15) is 8.42 Å². The van der Waals surface area contributed by atoms with Crippen molar-refractivity contribution in [3.05, 3.63) is 49.1 Å². The van der Waals surface area contributed by atoms with Gasteiger partial charge in [-0.05, 0) is 0 Å². The zero-order valence-corrected chi connectivity index (χ0v) is 20.8. The summed E-state index contributed by atoms with van der Waals surface area (Å²) < 4.78 is 31.9. The van der Waals surface area contributed by atoms with E-state index >= 15 is 0 Å². The van der Waals surface area contributed by atoms with Crippen LogP contribution < -0.4 is 3.58 Å². The summed E-state index contributed by atoms with van der Waals surface area (Å²) >= 11 is -2.89. The fourth-order valence-electron chi connectivity index (χ4n) is 4.37. The topological polar surface area (TPSA) is 34.1 Å². The van der Waals surface area contributed by atoms with Crippen LogP contribution in [0.3, 0.4) is 0 Å². The number of hydrogen-bond acceptors (Lipinski definition) is 2. The van der Waals surface area contributed by atoms with Gasteiger partial charge < -0.3 is 0 Å². The zero-order valence-electron chi connectivity index (χ0n) is 17.1. The van der Waals surface area contributed by atoms with E-state index in [1.54, 1.807) is 0 Å². The van der Waals surface area contributed by atoms with E-state index in [1.165, 1.54) is 38.1 Å². The van der Waals surface area contributed by atoms with Crippen molar-refractivity contribution in [1.29, 1.82) is 0 Å². The zero-order chi connectivity index (χ0) is 19.8. The molecule has 0 spiro atoms. The van der Waals surface area contributed by atoms with Crippen molar-refractivity contribution in [3.8, 4) is 0 Å². The van der Waals surface area contributed by atoms with Crippen molar-refractivity contribution in [3.63, 3.8) is 0 Å². The van der Waals surface area contributed by atoms with Crippen molar-refractivity contribution in [1.82, 2.24) is 0 Å². The molecule has 27 heavy (non-hydrogen) atoms. The molecule has 1 aliphatic carbocycles. The third kappa shape index (κ3) is 5.50. The van der Waals surface area contributed by atoms with Gasteiger partial charge >= 0.3 is 172 Å². The summed E-state index contributed by atoms with van der Waals surface area (Å²) in [5.74, 6) is 0. The first-order chi connectivity index (χ1) is 13.0. The van der Waals surface area contributed by atoms with Gasteiger partial charge in [0.15, 0.2) is 0 Å². The molecule has 4 heteroatoms. The molecule has 150 valence electrons. The molecule has 1 unspecified atom stereocenters. The number of allylic oxidation sites excluding steroid dienone is 2. The minimum atomic E-state index is -3.31. The van der Waals surface area contributed by atoms with E-state index in [2.05, 4.69) is 38.6 Å². The molecule has 0 fully saturated rings. The van der Waals surface area contributed by atoms with Crippen LogP contribution in [0.2, 0.25) is 13.3 Å². The molecule has 0 aliphatic heterocycles. The third-order valence-electron chi connectivity index (χ3n) is 5.93. The average molecular weight is 495 g/mol. The Kier molecular flexibility index (Phi) is 9.13. The van der Waals surface area contributed by atoms with E-state index in [0.29, 0.717) is 4.90 Å². The molecule has 1 aromatic carbocycles. The Morgan fingerprint density at radius 3 is 2.37 bits per heavy atom. The fraction of sp³-hybridized carbons (Fsp3) is 0.565. The second-order valence-corrected chi connectivity index (χ2v) is 22.9. The van der Waals surface area contributed by atoms with Crippen molar-refractivity contribution in [2.45, 2.75) is 82.2 Å². The van der Waals surface area contributed by atoms with Crippen molar-refractivity contribution in [2.24, 2.45) is 0 Å². The van der Waals surface area contributed by atoms with Gasteiger partial charge in [0.2, 0.25) is 0 Å². The molecule has 0 N–H and O–H groups in total. The molecule has 0 heterocycles. The van der Waals surface area contributed by atoms with Gasteiger partial charge in [-0.1, -0.05) is 0 Å². The van der Waals surface area contributed by atoms with Crippen LogP contribution in [0.1, 0.15) is 58.8 Å². The predicted octanol–water partition coefficient (Wildman–Crippen LogP) is 6.01. The molecule has 1 aromatic rings. The number of unbranched alkanes of at least 4 members (excludes halogenated alkanes) is 2. The third-order valence-corrected chi connectivity index (χ3v) is 23.6. The van der Waals surface area contributed by atoms with Crippen molar-refractivity contribution in [2.75, 3.05) is 0 Å². The van der Waals surface area contributed by atoms with Gasteiger partial charge in [-0.15, -0.1) is 0 Å². The molecule has 0 saturated heterocycles. The number of rotatable bonds is 11. The molecule has 0 saturated carbocycles. The summed E-state index contributed by atoms with van der Waals surface area (Å²) in [5, 5.41) is -0.350. The molecule has 1 atom stereocenters. The molecule has 0 bridgehead atoms. The second-order valence-electron chi connectivity index (χ2n) is 7.92. The van der Waals surface area contributed by atoms with Gasteiger partial charge in [0.05, 0.1) is 0 Å². The van der Waals surface area contributed by atoms with E-state index in [1.807, 2.05) is 24.3 Å². The van der Waals surface area contributed by atoms with Crippen LogP contribution in [-0.2, 0) is 9.84 Å². The number of sulfone groups is 1. The molecular weight excluding hydrogens is 459 g/mol. The van der Waals surface area contributed by atoms with Gasteiger partial charge in [-0.2, -0.15) is 0 Å². The van der Waals surface area contributed by atoms with E-state index in [4.69, 9.17) is 0 Å². The molecule has 0 amide bonds. The van der Waals surface area contributed by atoms with E-state index < -0.39 is 28.2 Å². The molecule has 1 aliphatic rings. The number of hydrogen-bond donors (Lipinski definition) is 0. The first-order valence-electron chi connectivity index (χ1n) is 10.6. The van der Waals surface area contributed by atoms with Crippen LogP contribution in [-0.4, -0.2) is 32.0 Å². The van der Waals surface area contributed by atoms with Crippen LogP contribution in [0.5, 0.6) is 0 Å². The SMILES string of the molecule is C=C[CH2][Sn]([CH2]CCC)([CH2]CCC)[c]1ccccc1S(=O)(=O)C1C=CCCC1. The first kappa shape index (κ1) is 22.7. The quantitative estimate of drug-likeness (QED) is 0.278. The summed E-state index contributed by atoms with van der Waals surface area (Å²) in [7, 11) is -3.31. The summed E-state index contributed by atoms with van der Waals surface area (Å²) in [6.45, 7) is 8.53. The Hall–Kier alpha value is -0.551. The Morgan fingerprint density at radius 1 is 1.15 bits per heavy atom. The maximum atomic E-state index is 13.6. The molecule has 2 rings (SSSR count). The van der Waals surface area contributed by atoms with Gasteiger partial charge in [0, 0.05) is 0 Å². The van der Waals surface area contributed by atoms with Crippen LogP contribution in [0.25, 0.3) is 0 Å². The monoisotopic (exact) mass is 496 g/mol. The molecule has 0 radical (unpaired) electrons. The van der Waals surface area contributed by atoms with E-state index in [-0.39, 0.29) is 5.25 Å². The Labute approximate surface area is 170 Å². The Balaban J connectivity index is 2.57. The van der Waals surface area contributed by atoms with Crippen LogP contribution in [0.15, 0.2) is 54.0 Å². The standard InChI is InChI=1S/C12H13O2S.2C4H9.C3H5.Sn/c13-15(14,11-7-3-1-4-8-11)12-9-5-2-6-10-12;2*1-3-4-2;1-3-2;/h1,3-5,7,9,12H,2,6,10H2;2*1,3-4H2,2H3;3H,1-2H2;. The Morgan fingerprint density at radius 2 is 1.81 bits per heavy atom. The summed E-state index contributed by atoms with van der Waals surface area (Å²) in [5.41, 5.74) is 0. The van der Waals surface area contributed by atoms with Crippen molar-refractivity contribution < 1.29 is 8.42 Å². The first-order valence-corrected chi connectivity index (χ1v) is 19.7. The second kappa shape index (κ2) is 10.8. The van der Waals surface area contributed by atoms with Gasteiger partial charge in [-0.25, -0.2) is 0 Å². The van der Waals surface area contributed by atoms with Crippen molar-refractivity contribution >= 4 is 31.8 Å². The van der Waals surface area contributed by atoms with Crippen LogP contribution >= 0.6 is 0 Å². The number of benzene rings is 1. The minimum absolute atomic E-state index is 0.350. The summed E-state index contributed by atoms with van der Waals surface area (Å²) in [6.07, 6.45) is 13.5. The molecular formula is C23H36O2SSn. The summed E-state index contributed by atoms with van der Waals surface area (Å²) in [4.78, 5) is 0.645. The van der Waals surface area contributed by atoms with E-state index in [0.717, 1.165) is 23.7 Å². The average Bonchev–Trinajstić information content (AvgIpc) is 2.71. The maximum absolute atomic E-state index is 13.6. The normalized spacial score (nSPS) is 17.8. The van der Waals surface area contributed by atoms with Gasteiger partial charge in [0.1, 0.15) is 0 Å². The molecule has 2 nitrogen and oxygen atoms in total. The Bertz CT molecular complexity index is 729. The van der Waals surface area contributed by atoms with Crippen LogP contribution in [0.4, 0.5) is 0 Å². The fourth-order valence-corrected chi connectivity index (χ4v) is 23.3.